The average molecular weight is 262 g/mol. The van der Waals surface area contributed by atoms with Crippen LogP contribution in [0.4, 0.5) is 4.79 Å². The number of phenolic OH excluding ortho intramolecular Hbond substituents is 2. The van der Waals surface area contributed by atoms with Gasteiger partial charge in [-0.05, 0) is 30.5 Å². The smallest absolute Gasteiger partial charge is 0.325 e. The van der Waals surface area contributed by atoms with Crippen molar-refractivity contribution >= 4 is 11.9 Å². The van der Waals surface area contributed by atoms with Crippen LogP contribution in [0.15, 0.2) is 18.2 Å². The van der Waals surface area contributed by atoms with Gasteiger partial charge in [-0.3, -0.25) is 9.69 Å². The quantitative estimate of drug-likeness (QED) is 0.553. The van der Waals surface area contributed by atoms with E-state index >= 15 is 0 Å². The van der Waals surface area contributed by atoms with E-state index in [1.54, 1.807) is 6.07 Å². The second kappa shape index (κ2) is 4.15. The maximum Gasteiger partial charge on any atom is 0.325 e. The molecule has 2 fully saturated rings. The number of carbonyl (C=O) groups is 2. The van der Waals surface area contributed by atoms with Crippen LogP contribution in [-0.4, -0.2) is 39.1 Å². The highest BCUT2D eigenvalue weighted by Gasteiger charge is 2.45. The summed E-state index contributed by atoms with van der Waals surface area (Å²) in [6.45, 7) is 0. The number of nitrogens with zero attached hydrogens (tertiary/aromatic N) is 1. The number of nitrogens with one attached hydrogen (secondary N) is 1. The van der Waals surface area contributed by atoms with Gasteiger partial charge in [0, 0.05) is 12.5 Å². The number of amides is 3. The highest BCUT2D eigenvalue weighted by molar-refractivity contribution is 6.04. The summed E-state index contributed by atoms with van der Waals surface area (Å²) in [7, 11) is 0. The molecule has 3 amide bonds. The number of aromatic hydroxyl groups is 2. The van der Waals surface area contributed by atoms with Crippen molar-refractivity contribution in [3.63, 3.8) is 0 Å². The SMILES string of the molecule is O=C1NC(Cc2ccc(O)c(O)c2)C(=O)N1C1CC1. The van der Waals surface area contributed by atoms with Crippen LogP contribution >= 0.6 is 0 Å². The molecule has 1 aromatic rings. The molecule has 1 aliphatic carbocycles. The molecular weight excluding hydrogens is 248 g/mol. The largest absolute Gasteiger partial charge is 0.504 e. The molecule has 0 spiro atoms. The molecule has 1 atom stereocenters. The van der Waals surface area contributed by atoms with Crippen molar-refractivity contribution in [3.8, 4) is 11.5 Å². The Morgan fingerprint density at radius 2 is 1.95 bits per heavy atom. The van der Waals surface area contributed by atoms with E-state index in [-0.39, 0.29) is 29.5 Å². The number of phenols is 2. The molecule has 100 valence electrons. The maximum absolute atomic E-state index is 12.1. The summed E-state index contributed by atoms with van der Waals surface area (Å²) in [5.41, 5.74) is 0.687. The molecule has 0 aromatic heterocycles. The summed E-state index contributed by atoms with van der Waals surface area (Å²) in [4.78, 5) is 25.1. The lowest BCUT2D eigenvalue weighted by atomic mass is 10.1. The fraction of sp³-hybridized carbons (Fsp3) is 0.385. The lowest BCUT2D eigenvalue weighted by Crippen LogP contribution is -2.34. The standard InChI is InChI=1S/C13H14N2O4/c16-10-4-1-7(6-11(10)17)5-9-12(18)15(8-2-3-8)13(19)14-9/h1,4,6,8-9,16-17H,2-3,5H2,(H,14,19). The first-order valence-corrected chi connectivity index (χ1v) is 6.20. The van der Waals surface area contributed by atoms with Gasteiger partial charge in [0.2, 0.25) is 0 Å². The molecule has 6 heteroatoms. The van der Waals surface area contributed by atoms with Crippen LogP contribution < -0.4 is 5.32 Å². The van der Waals surface area contributed by atoms with Crippen LogP contribution in [0.1, 0.15) is 18.4 Å². The van der Waals surface area contributed by atoms with Gasteiger partial charge in [-0.15, -0.1) is 0 Å². The number of benzene rings is 1. The van der Waals surface area contributed by atoms with E-state index in [0.29, 0.717) is 12.0 Å². The zero-order valence-corrected chi connectivity index (χ0v) is 10.2. The number of hydrogen-bond acceptors (Lipinski definition) is 4. The second-order valence-electron chi connectivity index (χ2n) is 4.97. The first-order valence-electron chi connectivity index (χ1n) is 6.20. The Kier molecular flexibility index (Phi) is 2.58. The summed E-state index contributed by atoms with van der Waals surface area (Å²) < 4.78 is 0. The fourth-order valence-electron chi connectivity index (χ4n) is 2.30. The van der Waals surface area contributed by atoms with Gasteiger partial charge in [-0.25, -0.2) is 4.79 Å². The van der Waals surface area contributed by atoms with Crippen LogP contribution in [0, 0.1) is 0 Å². The molecule has 1 heterocycles. The van der Waals surface area contributed by atoms with Crippen molar-refractivity contribution in [2.24, 2.45) is 0 Å². The number of urea groups is 1. The first-order chi connectivity index (χ1) is 9.06. The summed E-state index contributed by atoms with van der Waals surface area (Å²) in [5, 5.41) is 21.3. The Balaban J connectivity index is 1.74. The van der Waals surface area contributed by atoms with E-state index in [0.717, 1.165) is 12.8 Å². The van der Waals surface area contributed by atoms with E-state index in [4.69, 9.17) is 0 Å². The molecule has 1 aliphatic heterocycles. The van der Waals surface area contributed by atoms with Gasteiger partial charge < -0.3 is 15.5 Å². The van der Waals surface area contributed by atoms with E-state index < -0.39 is 6.04 Å². The van der Waals surface area contributed by atoms with Crippen molar-refractivity contribution in [1.29, 1.82) is 0 Å². The minimum Gasteiger partial charge on any atom is -0.504 e. The molecular formula is C13H14N2O4. The molecule has 2 aliphatic rings. The Bertz CT molecular complexity index is 554. The Morgan fingerprint density at radius 1 is 1.21 bits per heavy atom. The highest BCUT2D eigenvalue weighted by Crippen LogP contribution is 2.31. The molecule has 0 bridgehead atoms. The van der Waals surface area contributed by atoms with Gasteiger partial charge in [-0.2, -0.15) is 0 Å². The van der Waals surface area contributed by atoms with Crippen molar-refractivity contribution in [2.45, 2.75) is 31.3 Å². The van der Waals surface area contributed by atoms with E-state index in [1.165, 1.54) is 17.0 Å². The number of carbonyl (C=O) groups excluding carboxylic acids is 2. The van der Waals surface area contributed by atoms with Crippen molar-refractivity contribution in [1.82, 2.24) is 10.2 Å². The molecule has 1 unspecified atom stereocenters. The third kappa shape index (κ3) is 2.09. The normalized spacial score (nSPS) is 22.7. The molecule has 3 N–H and O–H groups in total. The molecule has 3 rings (SSSR count). The van der Waals surface area contributed by atoms with Gasteiger partial charge in [-0.1, -0.05) is 6.07 Å². The summed E-state index contributed by atoms with van der Waals surface area (Å²) >= 11 is 0. The van der Waals surface area contributed by atoms with Crippen LogP contribution in [0.2, 0.25) is 0 Å². The first kappa shape index (κ1) is 11.8. The maximum atomic E-state index is 12.1. The lowest BCUT2D eigenvalue weighted by molar-refractivity contribution is -0.127. The average Bonchev–Trinajstić information content (AvgIpc) is 3.13. The molecule has 19 heavy (non-hydrogen) atoms. The van der Waals surface area contributed by atoms with Gasteiger partial charge in [0.1, 0.15) is 6.04 Å². The van der Waals surface area contributed by atoms with Crippen LogP contribution in [0.5, 0.6) is 11.5 Å². The fourth-order valence-corrected chi connectivity index (χ4v) is 2.30. The highest BCUT2D eigenvalue weighted by atomic mass is 16.3. The second-order valence-corrected chi connectivity index (χ2v) is 4.97. The van der Waals surface area contributed by atoms with Gasteiger partial charge in [0.05, 0.1) is 0 Å². The van der Waals surface area contributed by atoms with Crippen molar-refractivity contribution in [2.75, 3.05) is 0 Å². The Labute approximate surface area is 109 Å². The minimum atomic E-state index is -0.586. The summed E-state index contributed by atoms with van der Waals surface area (Å²) in [6.07, 6.45) is 2.07. The predicted octanol–water partition coefficient (Wildman–Crippen LogP) is 0.723. The minimum absolute atomic E-state index is 0.0609. The molecule has 1 aromatic carbocycles. The monoisotopic (exact) mass is 262 g/mol. The van der Waals surface area contributed by atoms with Crippen LogP contribution in [-0.2, 0) is 11.2 Å². The van der Waals surface area contributed by atoms with E-state index in [1.807, 2.05) is 0 Å². The predicted molar refractivity (Wildman–Crippen MR) is 65.7 cm³/mol. The van der Waals surface area contributed by atoms with Gasteiger partial charge in [0.25, 0.3) is 5.91 Å². The Morgan fingerprint density at radius 3 is 2.58 bits per heavy atom. The zero-order chi connectivity index (χ0) is 13.6. The van der Waals surface area contributed by atoms with Gasteiger partial charge in [0.15, 0.2) is 11.5 Å². The lowest BCUT2D eigenvalue weighted by Gasteiger charge is -2.11. The number of rotatable bonds is 3. The van der Waals surface area contributed by atoms with Gasteiger partial charge >= 0.3 is 6.03 Å². The zero-order valence-electron chi connectivity index (χ0n) is 10.2. The third-order valence-corrected chi connectivity index (χ3v) is 3.44. The topological polar surface area (TPSA) is 89.9 Å². The Hall–Kier alpha value is -2.24. The molecule has 1 saturated carbocycles. The van der Waals surface area contributed by atoms with E-state index in [9.17, 15) is 19.8 Å². The molecule has 1 saturated heterocycles. The van der Waals surface area contributed by atoms with Crippen molar-refractivity contribution in [3.05, 3.63) is 23.8 Å². The van der Waals surface area contributed by atoms with Crippen LogP contribution in [0.3, 0.4) is 0 Å². The summed E-state index contributed by atoms with van der Waals surface area (Å²) in [6, 6.07) is 3.52. The van der Waals surface area contributed by atoms with Crippen LogP contribution in [0.25, 0.3) is 0 Å². The third-order valence-electron chi connectivity index (χ3n) is 3.44. The molecule has 6 nitrogen and oxygen atoms in total. The van der Waals surface area contributed by atoms with E-state index in [2.05, 4.69) is 5.32 Å². The molecule has 0 radical (unpaired) electrons. The summed E-state index contributed by atoms with van der Waals surface area (Å²) in [5.74, 6) is -0.640. The van der Waals surface area contributed by atoms with Crippen molar-refractivity contribution < 1.29 is 19.8 Å². The number of hydrogen-bond donors (Lipinski definition) is 3. The number of imide groups is 1.